The molecule has 1 amide bonds. The molecule has 0 bridgehead atoms. The summed E-state index contributed by atoms with van der Waals surface area (Å²) in [7, 11) is 0. The predicted molar refractivity (Wildman–Crippen MR) is 78.7 cm³/mol. The van der Waals surface area contributed by atoms with Crippen LogP contribution in [0.5, 0.6) is 0 Å². The molecule has 0 radical (unpaired) electrons. The van der Waals surface area contributed by atoms with Crippen molar-refractivity contribution in [2.24, 2.45) is 0 Å². The molecule has 0 saturated heterocycles. The van der Waals surface area contributed by atoms with Crippen molar-refractivity contribution in [3.05, 3.63) is 29.8 Å². The highest BCUT2D eigenvalue weighted by Crippen LogP contribution is 2.16. The summed E-state index contributed by atoms with van der Waals surface area (Å²) in [6, 6.07) is 7.67. The number of benzene rings is 1. The average Bonchev–Trinajstić information content (AvgIpc) is 2.46. The van der Waals surface area contributed by atoms with E-state index in [2.05, 4.69) is 18.7 Å². The maximum absolute atomic E-state index is 12.2. The number of aliphatic hydroxyl groups is 1. The number of nitrogens with zero attached hydrogens (tertiary/aromatic N) is 2. The van der Waals surface area contributed by atoms with Gasteiger partial charge in [0.05, 0.1) is 6.61 Å². The topological polar surface area (TPSA) is 43.8 Å². The lowest BCUT2D eigenvalue weighted by atomic mass is 10.1. The molecule has 0 fully saturated rings. The van der Waals surface area contributed by atoms with E-state index in [1.165, 1.54) is 0 Å². The van der Waals surface area contributed by atoms with E-state index in [-0.39, 0.29) is 12.5 Å². The van der Waals surface area contributed by atoms with Gasteiger partial charge in [0.15, 0.2) is 0 Å². The van der Waals surface area contributed by atoms with Gasteiger partial charge in [-0.25, -0.2) is 0 Å². The van der Waals surface area contributed by atoms with E-state index in [1.807, 2.05) is 31.2 Å². The Morgan fingerprint density at radius 1 is 1.05 bits per heavy atom. The summed E-state index contributed by atoms with van der Waals surface area (Å²) in [5.41, 5.74) is 1.80. The molecular weight excluding hydrogens is 240 g/mol. The van der Waals surface area contributed by atoms with Crippen molar-refractivity contribution in [2.45, 2.75) is 20.8 Å². The molecule has 0 aliphatic carbocycles. The van der Waals surface area contributed by atoms with E-state index in [4.69, 9.17) is 5.11 Å². The summed E-state index contributed by atoms with van der Waals surface area (Å²) in [5, 5.41) is 8.94. The lowest BCUT2D eigenvalue weighted by Crippen LogP contribution is -2.33. The number of anilines is 1. The average molecular weight is 264 g/mol. The van der Waals surface area contributed by atoms with E-state index in [0.717, 1.165) is 18.8 Å². The molecular formula is C15H24N2O2. The summed E-state index contributed by atoms with van der Waals surface area (Å²) < 4.78 is 0. The first kappa shape index (κ1) is 15.5. The molecule has 1 rings (SSSR count). The molecule has 1 aromatic rings. The molecule has 0 unspecified atom stereocenters. The molecule has 0 aliphatic heterocycles. The fourth-order valence-electron chi connectivity index (χ4n) is 2.11. The molecule has 0 spiro atoms. The number of carbonyl (C=O) groups excluding carboxylic acids is 1. The van der Waals surface area contributed by atoms with Gasteiger partial charge in [-0.3, -0.25) is 4.79 Å². The Labute approximate surface area is 115 Å². The van der Waals surface area contributed by atoms with Crippen molar-refractivity contribution in [3.63, 3.8) is 0 Å². The van der Waals surface area contributed by atoms with Crippen LogP contribution in [0.1, 0.15) is 31.1 Å². The second-order valence-electron chi connectivity index (χ2n) is 4.33. The molecule has 1 N–H and O–H groups in total. The van der Waals surface area contributed by atoms with Gasteiger partial charge in [0.2, 0.25) is 0 Å². The van der Waals surface area contributed by atoms with Crippen molar-refractivity contribution in [2.75, 3.05) is 37.7 Å². The first-order chi connectivity index (χ1) is 9.17. The summed E-state index contributed by atoms with van der Waals surface area (Å²) >= 11 is 0. The Morgan fingerprint density at radius 3 is 2.05 bits per heavy atom. The number of amides is 1. The normalized spacial score (nSPS) is 10.3. The lowest BCUT2D eigenvalue weighted by molar-refractivity contribution is 0.0732. The van der Waals surface area contributed by atoms with Gasteiger partial charge in [0.25, 0.3) is 5.91 Å². The zero-order valence-electron chi connectivity index (χ0n) is 12.1. The van der Waals surface area contributed by atoms with Gasteiger partial charge >= 0.3 is 0 Å². The maximum Gasteiger partial charge on any atom is 0.253 e. The Kier molecular flexibility index (Phi) is 6.36. The van der Waals surface area contributed by atoms with Crippen LogP contribution in [-0.4, -0.2) is 48.7 Å². The van der Waals surface area contributed by atoms with Gasteiger partial charge in [-0.1, -0.05) is 0 Å². The number of likely N-dealkylation sites (N-methyl/N-ethyl adjacent to an activating group) is 1. The highest BCUT2D eigenvalue weighted by molar-refractivity contribution is 5.94. The van der Waals surface area contributed by atoms with Crippen molar-refractivity contribution in [1.29, 1.82) is 0 Å². The third kappa shape index (κ3) is 3.96. The Hall–Kier alpha value is -1.55. The van der Waals surface area contributed by atoms with Crippen LogP contribution >= 0.6 is 0 Å². The highest BCUT2D eigenvalue weighted by atomic mass is 16.3. The summed E-state index contributed by atoms with van der Waals surface area (Å²) in [4.78, 5) is 16.1. The SMILES string of the molecule is CCN(CCO)C(=O)c1ccc(N(CC)CC)cc1. The molecule has 4 nitrogen and oxygen atoms in total. The summed E-state index contributed by atoms with van der Waals surface area (Å²) in [5.74, 6) is -0.0253. The van der Waals surface area contributed by atoms with Gasteiger partial charge in [0.1, 0.15) is 0 Å². The third-order valence-electron chi connectivity index (χ3n) is 3.28. The quantitative estimate of drug-likeness (QED) is 0.819. The van der Waals surface area contributed by atoms with Gasteiger partial charge in [-0.2, -0.15) is 0 Å². The fraction of sp³-hybridized carbons (Fsp3) is 0.533. The third-order valence-corrected chi connectivity index (χ3v) is 3.28. The lowest BCUT2D eigenvalue weighted by Gasteiger charge is -2.22. The van der Waals surface area contributed by atoms with E-state index in [1.54, 1.807) is 4.90 Å². The molecule has 4 heteroatoms. The Morgan fingerprint density at radius 2 is 1.63 bits per heavy atom. The minimum atomic E-state index is -0.0253. The van der Waals surface area contributed by atoms with Crippen LogP contribution in [-0.2, 0) is 0 Å². The minimum absolute atomic E-state index is 0.00287. The van der Waals surface area contributed by atoms with Gasteiger partial charge in [-0.15, -0.1) is 0 Å². The molecule has 0 aromatic heterocycles. The highest BCUT2D eigenvalue weighted by Gasteiger charge is 2.13. The molecule has 1 aromatic carbocycles. The van der Waals surface area contributed by atoms with E-state index >= 15 is 0 Å². The summed E-state index contributed by atoms with van der Waals surface area (Å²) in [6.45, 7) is 9.04. The Bertz CT molecular complexity index is 386. The number of carbonyl (C=O) groups is 1. The fourth-order valence-corrected chi connectivity index (χ4v) is 2.11. The first-order valence-corrected chi connectivity index (χ1v) is 6.93. The van der Waals surface area contributed by atoms with Gasteiger partial charge in [-0.05, 0) is 45.0 Å². The van der Waals surface area contributed by atoms with Crippen LogP contribution in [0.4, 0.5) is 5.69 Å². The van der Waals surface area contributed by atoms with Crippen LogP contribution in [0.2, 0.25) is 0 Å². The van der Waals surface area contributed by atoms with Crippen molar-refractivity contribution >= 4 is 11.6 Å². The number of aliphatic hydroxyl groups excluding tert-OH is 1. The van der Waals surface area contributed by atoms with Crippen LogP contribution in [0, 0.1) is 0 Å². The molecule has 19 heavy (non-hydrogen) atoms. The zero-order chi connectivity index (χ0) is 14.3. The monoisotopic (exact) mass is 264 g/mol. The predicted octanol–water partition coefficient (Wildman–Crippen LogP) is 1.99. The molecule has 0 atom stereocenters. The molecule has 0 heterocycles. The number of rotatable bonds is 7. The van der Waals surface area contributed by atoms with Gasteiger partial charge < -0.3 is 14.9 Å². The Balaban J connectivity index is 2.83. The van der Waals surface area contributed by atoms with Crippen LogP contribution in [0.15, 0.2) is 24.3 Å². The molecule has 0 aliphatic rings. The second-order valence-corrected chi connectivity index (χ2v) is 4.33. The van der Waals surface area contributed by atoms with Gasteiger partial charge in [0, 0.05) is 37.4 Å². The standard InChI is InChI=1S/C15H24N2O2/c1-4-16(5-2)14-9-7-13(8-10-14)15(19)17(6-3)11-12-18/h7-10,18H,4-6,11-12H2,1-3H3. The number of hydrogen-bond donors (Lipinski definition) is 1. The first-order valence-electron chi connectivity index (χ1n) is 6.93. The summed E-state index contributed by atoms with van der Waals surface area (Å²) in [6.07, 6.45) is 0. The van der Waals surface area contributed by atoms with Crippen LogP contribution in [0.25, 0.3) is 0 Å². The molecule has 106 valence electrons. The van der Waals surface area contributed by atoms with Crippen molar-refractivity contribution in [1.82, 2.24) is 4.90 Å². The maximum atomic E-state index is 12.2. The second kappa shape index (κ2) is 7.79. The number of hydrogen-bond acceptors (Lipinski definition) is 3. The molecule has 0 saturated carbocycles. The smallest absolute Gasteiger partial charge is 0.253 e. The van der Waals surface area contributed by atoms with Crippen LogP contribution in [0.3, 0.4) is 0 Å². The largest absolute Gasteiger partial charge is 0.395 e. The van der Waals surface area contributed by atoms with Crippen LogP contribution < -0.4 is 4.90 Å². The van der Waals surface area contributed by atoms with Crippen molar-refractivity contribution < 1.29 is 9.90 Å². The zero-order valence-corrected chi connectivity index (χ0v) is 12.1. The van der Waals surface area contributed by atoms with E-state index in [9.17, 15) is 4.79 Å². The van der Waals surface area contributed by atoms with Crippen molar-refractivity contribution in [3.8, 4) is 0 Å². The van der Waals surface area contributed by atoms with E-state index in [0.29, 0.717) is 18.7 Å². The minimum Gasteiger partial charge on any atom is -0.395 e. The van der Waals surface area contributed by atoms with E-state index < -0.39 is 0 Å².